The van der Waals surface area contributed by atoms with Crippen LogP contribution < -0.4 is 4.74 Å². The van der Waals surface area contributed by atoms with Gasteiger partial charge in [0.2, 0.25) is 0 Å². The van der Waals surface area contributed by atoms with Crippen molar-refractivity contribution in [3.8, 4) is 11.8 Å². The molecule has 0 saturated heterocycles. The fourth-order valence-electron chi connectivity index (χ4n) is 2.78. The first kappa shape index (κ1) is 13.9. The monoisotopic (exact) mass is 259 g/mol. The minimum absolute atomic E-state index is 0.367. The molecule has 102 valence electrons. The van der Waals surface area contributed by atoms with Crippen LogP contribution in [0.2, 0.25) is 0 Å². The zero-order chi connectivity index (χ0) is 13.7. The third-order valence-corrected chi connectivity index (χ3v) is 3.80. The highest BCUT2D eigenvalue weighted by Gasteiger charge is 2.37. The van der Waals surface area contributed by atoms with Crippen LogP contribution in [0.4, 0.5) is 0 Å². The van der Waals surface area contributed by atoms with Gasteiger partial charge in [0, 0.05) is 0 Å². The number of rotatable bonds is 4. The van der Waals surface area contributed by atoms with Crippen molar-refractivity contribution >= 4 is 0 Å². The largest absolute Gasteiger partial charge is 0.494 e. The molecule has 0 heterocycles. The van der Waals surface area contributed by atoms with Crippen molar-refractivity contribution in [2.45, 2.75) is 50.5 Å². The van der Waals surface area contributed by atoms with E-state index in [1.165, 1.54) is 0 Å². The summed E-state index contributed by atoms with van der Waals surface area (Å²) in [6.07, 6.45) is 3.64. The number of aliphatic hydroxyl groups excluding tert-OH is 1. The maximum atomic E-state index is 9.87. The Morgan fingerprint density at radius 3 is 3.05 bits per heavy atom. The molecule has 19 heavy (non-hydrogen) atoms. The number of hydrogen-bond acceptors (Lipinski definition) is 3. The second-order valence-electron chi connectivity index (χ2n) is 5.32. The molecule has 1 aliphatic carbocycles. The summed E-state index contributed by atoms with van der Waals surface area (Å²) in [5.41, 5.74) is 0.422. The molecule has 2 unspecified atom stereocenters. The number of aliphatic hydroxyl groups is 1. The van der Waals surface area contributed by atoms with Crippen molar-refractivity contribution in [1.82, 2.24) is 0 Å². The fourth-order valence-corrected chi connectivity index (χ4v) is 2.78. The summed E-state index contributed by atoms with van der Waals surface area (Å²) in [6, 6.07) is 10.2. The Bertz CT molecular complexity index is 466. The lowest BCUT2D eigenvalue weighted by Crippen LogP contribution is -2.34. The van der Waals surface area contributed by atoms with Gasteiger partial charge in [-0.2, -0.15) is 5.26 Å². The summed E-state index contributed by atoms with van der Waals surface area (Å²) < 4.78 is 5.63. The predicted octanol–water partition coefficient (Wildman–Crippen LogP) is 3.17. The minimum atomic E-state index is -0.552. The topological polar surface area (TPSA) is 53.2 Å². The normalized spacial score (nSPS) is 26.7. The molecule has 1 saturated carbocycles. The van der Waals surface area contributed by atoms with Crippen LogP contribution >= 0.6 is 0 Å². The average molecular weight is 259 g/mol. The lowest BCUT2D eigenvalue weighted by molar-refractivity contribution is 0.102. The number of ether oxygens (including phenoxy) is 1. The number of hydrogen-bond donors (Lipinski definition) is 1. The zero-order valence-electron chi connectivity index (χ0n) is 11.4. The van der Waals surface area contributed by atoms with E-state index >= 15 is 0 Å². The van der Waals surface area contributed by atoms with Gasteiger partial charge in [0.25, 0.3) is 0 Å². The summed E-state index contributed by atoms with van der Waals surface area (Å²) >= 11 is 0. The molecule has 0 radical (unpaired) electrons. The molecule has 1 aromatic rings. The molecule has 2 atom stereocenters. The molecule has 3 nitrogen and oxygen atoms in total. The lowest BCUT2D eigenvalue weighted by Gasteiger charge is -2.34. The lowest BCUT2D eigenvalue weighted by atomic mass is 9.69. The molecule has 1 aromatic carbocycles. The number of nitrogens with zero attached hydrogens (tertiary/aromatic N) is 1. The SMILES string of the molecule is CCCOc1cccc(C2(C#N)CCCC(O)C2)c1. The van der Waals surface area contributed by atoms with E-state index in [4.69, 9.17) is 4.74 Å². The molecular weight excluding hydrogens is 238 g/mol. The maximum absolute atomic E-state index is 9.87. The minimum Gasteiger partial charge on any atom is -0.494 e. The summed E-state index contributed by atoms with van der Waals surface area (Å²) in [6.45, 7) is 2.75. The summed E-state index contributed by atoms with van der Waals surface area (Å²) in [5, 5.41) is 19.4. The molecule has 1 fully saturated rings. The Labute approximate surface area is 114 Å². The van der Waals surface area contributed by atoms with E-state index in [0.717, 1.165) is 37.0 Å². The van der Waals surface area contributed by atoms with Crippen molar-refractivity contribution in [3.05, 3.63) is 29.8 Å². The van der Waals surface area contributed by atoms with Crippen LogP contribution in [0, 0.1) is 11.3 Å². The second kappa shape index (κ2) is 6.08. The highest BCUT2D eigenvalue weighted by molar-refractivity contribution is 5.38. The van der Waals surface area contributed by atoms with E-state index in [9.17, 15) is 10.4 Å². The molecule has 1 N–H and O–H groups in total. The Kier molecular flexibility index (Phi) is 4.44. The second-order valence-corrected chi connectivity index (χ2v) is 5.32. The predicted molar refractivity (Wildman–Crippen MR) is 74.0 cm³/mol. The smallest absolute Gasteiger partial charge is 0.119 e. The zero-order valence-corrected chi connectivity index (χ0v) is 11.4. The molecule has 3 heteroatoms. The molecule has 2 rings (SSSR count). The van der Waals surface area contributed by atoms with Gasteiger partial charge >= 0.3 is 0 Å². The van der Waals surface area contributed by atoms with Gasteiger partial charge < -0.3 is 9.84 Å². The summed E-state index contributed by atoms with van der Waals surface area (Å²) in [5.74, 6) is 0.814. The van der Waals surface area contributed by atoms with Gasteiger partial charge in [-0.15, -0.1) is 0 Å². The van der Waals surface area contributed by atoms with Gasteiger partial charge in [0.1, 0.15) is 5.75 Å². The van der Waals surface area contributed by atoms with Gasteiger partial charge in [-0.1, -0.05) is 19.1 Å². The van der Waals surface area contributed by atoms with Crippen molar-refractivity contribution in [3.63, 3.8) is 0 Å². The molecule has 1 aliphatic rings. The van der Waals surface area contributed by atoms with Crippen LogP contribution in [0.1, 0.15) is 44.6 Å². The van der Waals surface area contributed by atoms with E-state index in [1.807, 2.05) is 24.3 Å². The maximum Gasteiger partial charge on any atom is 0.119 e. The van der Waals surface area contributed by atoms with Crippen LogP contribution in [-0.4, -0.2) is 17.8 Å². The number of nitriles is 1. The van der Waals surface area contributed by atoms with Crippen molar-refractivity contribution < 1.29 is 9.84 Å². The fraction of sp³-hybridized carbons (Fsp3) is 0.562. The Balaban J connectivity index is 2.25. The summed E-state index contributed by atoms with van der Waals surface area (Å²) in [4.78, 5) is 0. The molecule has 0 spiro atoms. The summed E-state index contributed by atoms with van der Waals surface area (Å²) in [7, 11) is 0. The molecule has 0 aliphatic heterocycles. The van der Waals surface area contributed by atoms with Crippen LogP contribution in [0.25, 0.3) is 0 Å². The van der Waals surface area contributed by atoms with Crippen LogP contribution in [0.3, 0.4) is 0 Å². The Hall–Kier alpha value is -1.53. The van der Waals surface area contributed by atoms with Gasteiger partial charge in [0.05, 0.1) is 24.2 Å². The van der Waals surface area contributed by atoms with E-state index in [-0.39, 0.29) is 6.10 Å². The van der Waals surface area contributed by atoms with Gasteiger partial charge in [-0.3, -0.25) is 0 Å². The first-order chi connectivity index (χ1) is 9.20. The van der Waals surface area contributed by atoms with E-state index < -0.39 is 5.41 Å². The van der Waals surface area contributed by atoms with Crippen molar-refractivity contribution in [2.75, 3.05) is 6.61 Å². The first-order valence-corrected chi connectivity index (χ1v) is 7.03. The van der Waals surface area contributed by atoms with Crippen molar-refractivity contribution in [1.29, 1.82) is 5.26 Å². The van der Waals surface area contributed by atoms with E-state index in [2.05, 4.69) is 13.0 Å². The highest BCUT2D eigenvalue weighted by atomic mass is 16.5. The van der Waals surface area contributed by atoms with E-state index in [1.54, 1.807) is 0 Å². The van der Waals surface area contributed by atoms with Crippen LogP contribution in [-0.2, 0) is 5.41 Å². The standard InChI is InChI=1S/C16H21NO2/c1-2-9-19-15-7-3-5-13(10-15)16(12-17)8-4-6-14(18)11-16/h3,5,7,10,14,18H,2,4,6,8-9,11H2,1H3. The average Bonchev–Trinajstić information content (AvgIpc) is 2.45. The third-order valence-electron chi connectivity index (χ3n) is 3.80. The molecule has 0 bridgehead atoms. The third kappa shape index (κ3) is 3.08. The molecular formula is C16H21NO2. The van der Waals surface area contributed by atoms with Crippen LogP contribution in [0.15, 0.2) is 24.3 Å². The van der Waals surface area contributed by atoms with Gasteiger partial charge in [-0.25, -0.2) is 0 Å². The van der Waals surface area contributed by atoms with Crippen LogP contribution in [0.5, 0.6) is 5.75 Å². The molecule has 0 aromatic heterocycles. The highest BCUT2D eigenvalue weighted by Crippen LogP contribution is 2.40. The van der Waals surface area contributed by atoms with Gasteiger partial charge in [-0.05, 0) is 49.8 Å². The quantitative estimate of drug-likeness (QED) is 0.903. The van der Waals surface area contributed by atoms with Gasteiger partial charge in [0.15, 0.2) is 0 Å². The number of benzene rings is 1. The molecule has 0 amide bonds. The Morgan fingerprint density at radius 1 is 1.53 bits per heavy atom. The van der Waals surface area contributed by atoms with Crippen molar-refractivity contribution in [2.24, 2.45) is 0 Å². The Morgan fingerprint density at radius 2 is 2.37 bits per heavy atom. The first-order valence-electron chi connectivity index (χ1n) is 7.03. The van der Waals surface area contributed by atoms with E-state index in [0.29, 0.717) is 13.0 Å².